The highest BCUT2D eigenvalue weighted by Gasteiger charge is 2.10. The fourth-order valence-corrected chi connectivity index (χ4v) is 1.63. The van der Waals surface area contributed by atoms with Gasteiger partial charge in [-0.25, -0.2) is 0 Å². The summed E-state index contributed by atoms with van der Waals surface area (Å²) in [7, 11) is 0. The van der Waals surface area contributed by atoms with Gasteiger partial charge in [0.2, 0.25) is 5.95 Å². The van der Waals surface area contributed by atoms with E-state index in [1.165, 1.54) is 0 Å². The predicted molar refractivity (Wildman–Crippen MR) is 76.7 cm³/mol. The summed E-state index contributed by atoms with van der Waals surface area (Å²) in [5.74, 6) is 1.09. The van der Waals surface area contributed by atoms with Crippen molar-refractivity contribution in [3.63, 3.8) is 0 Å². The average molecular weight is 276 g/mol. The highest BCUT2D eigenvalue weighted by Crippen LogP contribution is 2.18. The molecule has 0 atom stereocenters. The first-order chi connectivity index (χ1) is 9.76. The molecule has 7 heteroatoms. The third kappa shape index (κ3) is 3.43. The Hall–Kier alpha value is -2.18. The van der Waals surface area contributed by atoms with Gasteiger partial charge in [0.1, 0.15) is 0 Å². The van der Waals surface area contributed by atoms with E-state index in [4.69, 9.17) is 4.74 Å². The summed E-state index contributed by atoms with van der Waals surface area (Å²) in [6, 6.07) is 0.344. The molecule has 0 saturated carbocycles. The highest BCUT2D eigenvalue weighted by molar-refractivity contribution is 5.54. The van der Waals surface area contributed by atoms with Gasteiger partial charge in [0.15, 0.2) is 5.82 Å². The molecule has 0 fully saturated rings. The quantitative estimate of drug-likeness (QED) is 0.833. The monoisotopic (exact) mass is 276 g/mol. The van der Waals surface area contributed by atoms with E-state index in [9.17, 15) is 0 Å². The van der Waals surface area contributed by atoms with Crippen molar-refractivity contribution in [3.8, 4) is 17.4 Å². The third-order valence-electron chi connectivity index (χ3n) is 2.60. The van der Waals surface area contributed by atoms with E-state index in [0.717, 1.165) is 25.1 Å². The van der Waals surface area contributed by atoms with Gasteiger partial charge in [-0.3, -0.25) is 4.68 Å². The maximum absolute atomic E-state index is 5.51. The number of ether oxygens (including phenoxy) is 1. The van der Waals surface area contributed by atoms with Crippen molar-refractivity contribution in [2.24, 2.45) is 0 Å². The molecule has 2 rings (SSSR count). The summed E-state index contributed by atoms with van der Waals surface area (Å²) in [4.78, 5) is 12.9. The van der Waals surface area contributed by atoms with Gasteiger partial charge in [0.05, 0.1) is 18.4 Å². The fraction of sp³-hybridized carbons (Fsp3) is 0.538. The number of nitrogens with zero attached hydrogens (tertiary/aromatic N) is 5. The zero-order valence-corrected chi connectivity index (χ0v) is 12.1. The SMILES string of the molecule is CCCOc1nc(NCC)nc(-c2cnn(CC)c2)n1. The van der Waals surface area contributed by atoms with Crippen LogP contribution in [0.3, 0.4) is 0 Å². The van der Waals surface area contributed by atoms with Crippen molar-refractivity contribution in [3.05, 3.63) is 12.4 Å². The molecule has 0 saturated heterocycles. The zero-order chi connectivity index (χ0) is 14.4. The maximum atomic E-state index is 5.51. The molecule has 0 radical (unpaired) electrons. The average Bonchev–Trinajstić information content (AvgIpc) is 2.94. The first kappa shape index (κ1) is 14.2. The lowest BCUT2D eigenvalue weighted by molar-refractivity contribution is 0.292. The number of hydrogen-bond acceptors (Lipinski definition) is 6. The summed E-state index contributed by atoms with van der Waals surface area (Å²) < 4.78 is 7.34. The molecule has 2 aromatic rings. The minimum atomic E-state index is 0.344. The van der Waals surface area contributed by atoms with Gasteiger partial charge in [-0.2, -0.15) is 20.1 Å². The van der Waals surface area contributed by atoms with Crippen LogP contribution in [-0.2, 0) is 6.54 Å². The Morgan fingerprint density at radius 3 is 2.70 bits per heavy atom. The Bertz CT molecular complexity index is 554. The number of rotatable bonds is 7. The number of nitrogens with one attached hydrogen (secondary N) is 1. The van der Waals surface area contributed by atoms with Crippen LogP contribution < -0.4 is 10.1 Å². The molecule has 0 bridgehead atoms. The molecule has 1 N–H and O–H groups in total. The number of anilines is 1. The number of aryl methyl sites for hydroxylation is 1. The van der Waals surface area contributed by atoms with Crippen molar-refractivity contribution in [2.75, 3.05) is 18.5 Å². The Kier molecular flexibility index (Phi) is 4.86. The van der Waals surface area contributed by atoms with Gasteiger partial charge in [-0.05, 0) is 20.3 Å². The van der Waals surface area contributed by atoms with E-state index in [-0.39, 0.29) is 0 Å². The Balaban J connectivity index is 2.32. The molecule has 0 unspecified atom stereocenters. The normalized spacial score (nSPS) is 10.6. The summed E-state index contributed by atoms with van der Waals surface area (Å²) >= 11 is 0. The van der Waals surface area contributed by atoms with Gasteiger partial charge in [-0.15, -0.1) is 0 Å². The molecule has 2 aromatic heterocycles. The van der Waals surface area contributed by atoms with Crippen molar-refractivity contribution in [1.82, 2.24) is 24.7 Å². The lowest BCUT2D eigenvalue weighted by atomic mass is 10.3. The molecule has 0 aliphatic heterocycles. The van der Waals surface area contributed by atoms with Crippen LogP contribution in [0.15, 0.2) is 12.4 Å². The predicted octanol–water partition coefficient (Wildman–Crippen LogP) is 1.98. The number of hydrogen-bond donors (Lipinski definition) is 1. The summed E-state index contributed by atoms with van der Waals surface area (Å²) in [5, 5.41) is 7.32. The Labute approximate surface area is 118 Å². The molecular weight excluding hydrogens is 256 g/mol. The second kappa shape index (κ2) is 6.83. The molecule has 2 heterocycles. The van der Waals surface area contributed by atoms with E-state index in [1.54, 1.807) is 6.20 Å². The molecule has 0 amide bonds. The van der Waals surface area contributed by atoms with Gasteiger partial charge < -0.3 is 10.1 Å². The van der Waals surface area contributed by atoms with Crippen molar-refractivity contribution < 1.29 is 4.74 Å². The molecule has 0 aliphatic rings. The lowest BCUT2D eigenvalue weighted by Crippen LogP contribution is -2.08. The van der Waals surface area contributed by atoms with Gasteiger partial charge in [0, 0.05) is 19.3 Å². The highest BCUT2D eigenvalue weighted by atomic mass is 16.5. The lowest BCUT2D eigenvalue weighted by Gasteiger charge is -2.07. The molecule has 0 aromatic carbocycles. The molecule has 20 heavy (non-hydrogen) atoms. The zero-order valence-electron chi connectivity index (χ0n) is 12.1. The standard InChI is InChI=1S/C13H20N6O/c1-4-7-20-13-17-11(16-12(18-13)14-5-2)10-8-15-19(6-3)9-10/h8-9H,4-7H2,1-3H3,(H,14,16,17,18). The van der Waals surface area contributed by atoms with Crippen molar-refractivity contribution in [1.29, 1.82) is 0 Å². The Morgan fingerprint density at radius 1 is 1.20 bits per heavy atom. The van der Waals surface area contributed by atoms with E-state index >= 15 is 0 Å². The first-order valence-electron chi connectivity index (χ1n) is 6.92. The van der Waals surface area contributed by atoms with Crippen LogP contribution in [0.25, 0.3) is 11.4 Å². The van der Waals surface area contributed by atoms with Crippen LogP contribution in [0.1, 0.15) is 27.2 Å². The van der Waals surface area contributed by atoms with Gasteiger partial charge >= 0.3 is 6.01 Å². The van der Waals surface area contributed by atoms with Crippen LogP contribution in [0.4, 0.5) is 5.95 Å². The van der Waals surface area contributed by atoms with Crippen molar-refractivity contribution in [2.45, 2.75) is 33.7 Å². The smallest absolute Gasteiger partial charge is 0.321 e. The van der Waals surface area contributed by atoms with E-state index < -0.39 is 0 Å². The van der Waals surface area contributed by atoms with Crippen LogP contribution >= 0.6 is 0 Å². The fourth-order valence-electron chi connectivity index (χ4n) is 1.63. The molecule has 0 spiro atoms. The number of aromatic nitrogens is 5. The van der Waals surface area contributed by atoms with Crippen LogP contribution in [-0.4, -0.2) is 37.9 Å². The van der Waals surface area contributed by atoms with Crippen LogP contribution in [0, 0.1) is 0 Å². The minimum absolute atomic E-state index is 0.344. The molecule has 0 aliphatic carbocycles. The summed E-state index contributed by atoms with van der Waals surface area (Å²) in [6.45, 7) is 8.20. The third-order valence-corrected chi connectivity index (χ3v) is 2.60. The molecular formula is C13H20N6O. The topological polar surface area (TPSA) is 77.8 Å². The van der Waals surface area contributed by atoms with Crippen LogP contribution in [0.2, 0.25) is 0 Å². The largest absolute Gasteiger partial charge is 0.463 e. The Morgan fingerprint density at radius 2 is 2.05 bits per heavy atom. The van der Waals surface area contributed by atoms with E-state index in [1.807, 2.05) is 31.6 Å². The maximum Gasteiger partial charge on any atom is 0.321 e. The minimum Gasteiger partial charge on any atom is -0.463 e. The second-order valence-electron chi connectivity index (χ2n) is 4.23. The van der Waals surface area contributed by atoms with Crippen LogP contribution in [0.5, 0.6) is 6.01 Å². The van der Waals surface area contributed by atoms with Gasteiger partial charge in [-0.1, -0.05) is 6.92 Å². The van der Waals surface area contributed by atoms with Crippen molar-refractivity contribution >= 4 is 5.95 Å². The first-order valence-corrected chi connectivity index (χ1v) is 6.92. The summed E-state index contributed by atoms with van der Waals surface area (Å²) in [6.07, 6.45) is 4.57. The molecule has 7 nitrogen and oxygen atoms in total. The van der Waals surface area contributed by atoms with Gasteiger partial charge in [0.25, 0.3) is 0 Å². The summed E-state index contributed by atoms with van der Waals surface area (Å²) in [5.41, 5.74) is 0.856. The molecule has 108 valence electrons. The second-order valence-corrected chi connectivity index (χ2v) is 4.23. The van der Waals surface area contributed by atoms with E-state index in [2.05, 4.69) is 25.4 Å². The van der Waals surface area contributed by atoms with E-state index in [0.29, 0.717) is 24.4 Å².